The number of aliphatic imine (C=N–C) groups is 1. The van der Waals surface area contributed by atoms with Crippen molar-refractivity contribution in [3.8, 4) is 11.5 Å². The first-order valence-corrected chi connectivity index (χ1v) is 11.8. The molecule has 183 valence electrons. The van der Waals surface area contributed by atoms with Crippen LogP contribution in [0, 0.1) is 19.9 Å². The van der Waals surface area contributed by atoms with Crippen molar-refractivity contribution in [3.63, 3.8) is 0 Å². The van der Waals surface area contributed by atoms with Gasteiger partial charge in [0.1, 0.15) is 5.75 Å². The van der Waals surface area contributed by atoms with E-state index in [0.717, 1.165) is 53.1 Å². The number of aryl methyl sites for hydroxylation is 3. The average molecular weight is 655 g/mol. The third-order valence-corrected chi connectivity index (χ3v) is 4.64. The summed E-state index contributed by atoms with van der Waals surface area (Å²) < 4.78 is 41.4. The molecule has 0 heterocycles. The van der Waals surface area contributed by atoms with Crippen molar-refractivity contribution in [3.05, 3.63) is 52.6 Å². The summed E-state index contributed by atoms with van der Waals surface area (Å²) in [5, 5.41) is 0. The number of rotatable bonds is 5. The number of benzene rings is 2. The summed E-state index contributed by atoms with van der Waals surface area (Å²) in [4.78, 5) is 16.2. The number of esters is 1. The summed E-state index contributed by atoms with van der Waals surface area (Å²) in [6, 6.07) is 11.2. The SMILES string of the molecule is COC(=O)COc1[c-]c2c(cc1)CCCC2=Nc1cc(C)c(OC)c(C)c1.CS(=O)(=O)O.[Ir]. The number of methoxy groups -OCH3 is 2. The van der Waals surface area contributed by atoms with Crippen molar-refractivity contribution in [2.75, 3.05) is 27.1 Å². The monoisotopic (exact) mass is 655 g/mol. The third-order valence-electron chi connectivity index (χ3n) is 4.64. The van der Waals surface area contributed by atoms with Crippen LogP contribution in [0.15, 0.2) is 29.3 Å². The van der Waals surface area contributed by atoms with Crippen molar-refractivity contribution >= 4 is 27.5 Å². The molecular formula is C23H28IrNO7S-. The minimum absolute atomic E-state index is 0. The Morgan fingerprint density at radius 1 is 1.15 bits per heavy atom. The molecule has 8 nitrogen and oxygen atoms in total. The fourth-order valence-corrected chi connectivity index (χ4v) is 3.40. The van der Waals surface area contributed by atoms with E-state index in [0.29, 0.717) is 12.0 Å². The minimum atomic E-state index is -3.67. The second-order valence-electron chi connectivity index (χ2n) is 7.35. The molecule has 0 amide bonds. The topological polar surface area (TPSA) is 111 Å². The molecule has 0 aliphatic heterocycles. The molecule has 3 rings (SSSR count). The summed E-state index contributed by atoms with van der Waals surface area (Å²) in [6.07, 6.45) is 3.64. The molecule has 33 heavy (non-hydrogen) atoms. The van der Waals surface area contributed by atoms with Crippen LogP contribution in [0.2, 0.25) is 0 Å². The molecule has 1 aliphatic rings. The van der Waals surface area contributed by atoms with E-state index in [9.17, 15) is 13.2 Å². The van der Waals surface area contributed by atoms with Gasteiger partial charge in [-0.1, -0.05) is 18.9 Å². The second-order valence-corrected chi connectivity index (χ2v) is 8.81. The largest absolute Gasteiger partial charge is 0.501 e. The van der Waals surface area contributed by atoms with Crippen LogP contribution in [0.25, 0.3) is 0 Å². The van der Waals surface area contributed by atoms with E-state index >= 15 is 0 Å². The van der Waals surface area contributed by atoms with Crippen molar-refractivity contribution < 1.29 is 52.1 Å². The van der Waals surface area contributed by atoms with Gasteiger partial charge < -0.3 is 19.2 Å². The second kappa shape index (κ2) is 12.8. The zero-order valence-electron chi connectivity index (χ0n) is 19.2. The third kappa shape index (κ3) is 9.25. The molecule has 1 radical (unpaired) electrons. The van der Waals surface area contributed by atoms with E-state index in [1.165, 1.54) is 12.7 Å². The number of hydrogen-bond acceptors (Lipinski definition) is 7. The Hall–Kier alpha value is -2.26. The maximum absolute atomic E-state index is 11.3. The predicted octanol–water partition coefficient (Wildman–Crippen LogP) is 3.62. The van der Waals surface area contributed by atoms with Gasteiger partial charge in [-0.3, -0.25) is 4.55 Å². The van der Waals surface area contributed by atoms with Crippen molar-refractivity contribution in [1.29, 1.82) is 0 Å². The maximum Gasteiger partial charge on any atom is 0.343 e. The van der Waals surface area contributed by atoms with Gasteiger partial charge in [0.05, 0.1) is 26.2 Å². The van der Waals surface area contributed by atoms with Gasteiger partial charge in [-0.2, -0.15) is 8.42 Å². The van der Waals surface area contributed by atoms with Crippen molar-refractivity contribution in [2.45, 2.75) is 33.1 Å². The summed E-state index contributed by atoms with van der Waals surface area (Å²) in [6.45, 7) is 3.92. The molecule has 2 aromatic carbocycles. The first-order chi connectivity index (χ1) is 15.0. The summed E-state index contributed by atoms with van der Waals surface area (Å²) in [5.74, 6) is 1.00. The van der Waals surface area contributed by atoms with E-state index in [2.05, 4.69) is 10.8 Å². The van der Waals surface area contributed by atoms with Gasteiger partial charge in [-0.15, -0.1) is 23.3 Å². The van der Waals surface area contributed by atoms with E-state index in [4.69, 9.17) is 19.0 Å². The van der Waals surface area contributed by atoms with E-state index in [-0.39, 0.29) is 26.7 Å². The average Bonchev–Trinajstić information content (AvgIpc) is 2.71. The first-order valence-electron chi connectivity index (χ1n) is 9.92. The van der Waals surface area contributed by atoms with Crippen molar-refractivity contribution in [2.24, 2.45) is 4.99 Å². The fraction of sp³-hybridized carbons (Fsp3) is 0.391. The Bertz CT molecular complexity index is 1080. The quantitative estimate of drug-likeness (QED) is 0.298. The molecule has 1 N–H and O–H groups in total. The molecular weight excluding hydrogens is 627 g/mol. The summed E-state index contributed by atoms with van der Waals surface area (Å²) in [7, 11) is -0.644. The predicted molar refractivity (Wildman–Crippen MR) is 122 cm³/mol. The number of ether oxygens (including phenoxy) is 3. The van der Waals surface area contributed by atoms with Crippen LogP contribution in [0.5, 0.6) is 11.5 Å². The summed E-state index contributed by atoms with van der Waals surface area (Å²) in [5.41, 5.74) is 6.19. The van der Waals surface area contributed by atoms with Gasteiger partial charge in [0.15, 0.2) is 6.61 Å². The van der Waals surface area contributed by atoms with Crippen molar-refractivity contribution in [1.82, 2.24) is 0 Å². The Balaban J connectivity index is 0.000000821. The smallest absolute Gasteiger partial charge is 0.343 e. The van der Waals surface area contributed by atoms with Crippen LogP contribution in [0.1, 0.15) is 35.1 Å². The molecule has 0 saturated carbocycles. The van der Waals surface area contributed by atoms with Gasteiger partial charge in [0, 0.05) is 25.9 Å². The zero-order valence-corrected chi connectivity index (χ0v) is 22.4. The Labute approximate surface area is 208 Å². The zero-order chi connectivity index (χ0) is 23.9. The minimum Gasteiger partial charge on any atom is -0.501 e. The summed E-state index contributed by atoms with van der Waals surface area (Å²) >= 11 is 0. The van der Waals surface area contributed by atoms with Crippen LogP contribution in [0.4, 0.5) is 5.69 Å². The molecule has 0 aromatic heterocycles. The number of nitrogens with zero attached hydrogens (tertiary/aromatic N) is 1. The Kier molecular flexibility index (Phi) is 11.2. The molecule has 10 heteroatoms. The first kappa shape index (κ1) is 28.8. The van der Waals surface area contributed by atoms with Gasteiger partial charge >= 0.3 is 5.97 Å². The van der Waals surface area contributed by atoms with Crippen LogP contribution in [-0.2, 0) is 46.2 Å². The molecule has 0 bridgehead atoms. The molecule has 0 fully saturated rings. The van der Waals surface area contributed by atoms with Gasteiger partial charge in [0.2, 0.25) is 0 Å². The van der Waals surface area contributed by atoms with Gasteiger partial charge in [0.25, 0.3) is 10.1 Å². The standard InChI is InChI=1S/C22H24NO4.CH4O3S.Ir/c1-14-10-17(11-15(2)22(14)26-4)23-20-7-5-6-16-8-9-18(12-19(16)20)27-13-21(24)25-3;1-5(2,3)4;/h8-11H,5-7,13H2,1-4H3;1H3,(H,2,3,4);/q-1;;. The van der Waals surface area contributed by atoms with E-state index in [1.54, 1.807) is 7.11 Å². The number of carbonyl (C=O) groups is 1. The molecule has 0 spiro atoms. The Morgan fingerprint density at radius 3 is 2.30 bits per heavy atom. The van der Waals surface area contributed by atoms with Crippen LogP contribution in [0.3, 0.4) is 0 Å². The van der Waals surface area contributed by atoms with E-state index < -0.39 is 16.1 Å². The molecule has 0 saturated heterocycles. The normalized spacial score (nSPS) is 13.7. The molecule has 0 unspecified atom stereocenters. The maximum atomic E-state index is 11.3. The van der Waals surface area contributed by atoms with Gasteiger partial charge in [-0.25, -0.2) is 4.79 Å². The molecule has 1 aliphatic carbocycles. The van der Waals surface area contributed by atoms with Crippen LogP contribution >= 0.6 is 0 Å². The van der Waals surface area contributed by atoms with Gasteiger partial charge in [-0.05, 0) is 49.2 Å². The fourth-order valence-electron chi connectivity index (χ4n) is 3.40. The molecule has 0 atom stereocenters. The Morgan fingerprint density at radius 2 is 1.76 bits per heavy atom. The van der Waals surface area contributed by atoms with E-state index in [1.807, 2.05) is 38.1 Å². The number of carbonyl (C=O) groups excluding carboxylic acids is 1. The number of hydrogen-bond donors (Lipinski definition) is 1. The van der Waals surface area contributed by atoms with Crippen LogP contribution < -0.4 is 9.47 Å². The van der Waals surface area contributed by atoms with Crippen LogP contribution in [-0.4, -0.2) is 51.7 Å². The number of fused-ring (bicyclic) bond motifs is 1. The molecule has 2 aromatic rings.